The van der Waals surface area contributed by atoms with Crippen molar-refractivity contribution in [3.05, 3.63) is 57.0 Å². The summed E-state index contributed by atoms with van der Waals surface area (Å²) in [6, 6.07) is 7.69. The third-order valence-electron chi connectivity index (χ3n) is 4.08. The van der Waals surface area contributed by atoms with Crippen LogP contribution in [0.15, 0.2) is 34.4 Å². The Labute approximate surface area is 154 Å². The van der Waals surface area contributed by atoms with E-state index in [1.807, 2.05) is 38.1 Å². The molecular weight excluding hydrogens is 352 g/mol. The summed E-state index contributed by atoms with van der Waals surface area (Å²) in [7, 11) is 0. The first-order valence-electron chi connectivity index (χ1n) is 8.45. The monoisotopic (exact) mass is 372 g/mol. The molecule has 3 rings (SSSR count). The Morgan fingerprint density at radius 1 is 1.31 bits per heavy atom. The second-order valence-corrected chi connectivity index (χ2v) is 6.89. The van der Waals surface area contributed by atoms with Crippen LogP contribution in [0.4, 0.5) is 0 Å². The van der Waals surface area contributed by atoms with E-state index in [9.17, 15) is 14.7 Å². The molecule has 7 heteroatoms. The van der Waals surface area contributed by atoms with Crippen LogP contribution in [0.1, 0.15) is 35.1 Å². The molecule has 1 aromatic carbocycles. The fourth-order valence-electron chi connectivity index (χ4n) is 2.76. The number of aryl methyl sites for hydroxylation is 2. The topological polar surface area (TPSA) is 81.4 Å². The Hall–Kier alpha value is -2.67. The second-order valence-electron chi connectivity index (χ2n) is 6.03. The van der Waals surface area contributed by atoms with Gasteiger partial charge >= 0.3 is 5.97 Å². The molecule has 0 aliphatic rings. The van der Waals surface area contributed by atoms with Gasteiger partial charge in [-0.3, -0.25) is 9.36 Å². The minimum absolute atomic E-state index is 0.0127. The highest BCUT2D eigenvalue weighted by Gasteiger charge is 2.19. The quantitative estimate of drug-likeness (QED) is 0.686. The van der Waals surface area contributed by atoms with Gasteiger partial charge in [0.25, 0.3) is 5.56 Å². The largest absolute Gasteiger partial charge is 0.492 e. The van der Waals surface area contributed by atoms with Crippen molar-refractivity contribution in [2.45, 2.75) is 33.2 Å². The Balaban J connectivity index is 1.91. The maximum absolute atomic E-state index is 12.9. The van der Waals surface area contributed by atoms with E-state index in [4.69, 9.17) is 4.74 Å². The maximum Gasteiger partial charge on any atom is 0.337 e. The summed E-state index contributed by atoms with van der Waals surface area (Å²) in [4.78, 5) is 29.3. The average molecular weight is 372 g/mol. The summed E-state index contributed by atoms with van der Waals surface area (Å²) in [5, 5.41) is 11.0. The molecule has 26 heavy (non-hydrogen) atoms. The predicted octanol–water partition coefficient (Wildman–Crippen LogP) is 3.50. The fourth-order valence-corrected chi connectivity index (χ4v) is 3.68. The van der Waals surface area contributed by atoms with Crippen molar-refractivity contribution in [1.82, 2.24) is 9.55 Å². The van der Waals surface area contributed by atoms with Gasteiger partial charge in [-0.1, -0.05) is 24.6 Å². The summed E-state index contributed by atoms with van der Waals surface area (Å²) < 4.78 is 7.26. The van der Waals surface area contributed by atoms with Crippen molar-refractivity contribution >= 4 is 27.5 Å². The fraction of sp³-hybridized carbons (Fsp3) is 0.316. The molecule has 0 fully saturated rings. The molecule has 0 aliphatic carbocycles. The van der Waals surface area contributed by atoms with Crippen LogP contribution in [0.2, 0.25) is 0 Å². The molecule has 0 amide bonds. The zero-order valence-electron chi connectivity index (χ0n) is 14.7. The third kappa shape index (κ3) is 3.62. The van der Waals surface area contributed by atoms with Crippen molar-refractivity contribution in [3.63, 3.8) is 0 Å². The number of nitrogens with zero attached hydrogens (tertiary/aromatic N) is 2. The summed E-state index contributed by atoms with van der Waals surface area (Å²) in [6.07, 6.45) is 1.49. The smallest absolute Gasteiger partial charge is 0.337 e. The summed E-state index contributed by atoms with van der Waals surface area (Å²) in [5.41, 5.74) is 0.843. The second kappa shape index (κ2) is 7.70. The summed E-state index contributed by atoms with van der Waals surface area (Å²) in [5.74, 6) is 0.286. The number of aromatic carboxylic acids is 1. The Morgan fingerprint density at radius 3 is 2.69 bits per heavy atom. The molecule has 0 bridgehead atoms. The van der Waals surface area contributed by atoms with Crippen LogP contribution in [0.25, 0.3) is 10.2 Å². The number of carbonyl (C=O) groups is 1. The lowest BCUT2D eigenvalue weighted by molar-refractivity contribution is 0.0699. The number of thiophene rings is 1. The van der Waals surface area contributed by atoms with Gasteiger partial charge in [-0.15, -0.1) is 11.3 Å². The number of ether oxygens (including phenoxy) is 1. The zero-order chi connectivity index (χ0) is 18.7. The number of carboxylic acids is 1. The lowest BCUT2D eigenvalue weighted by Gasteiger charge is -2.13. The first kappa shape index (κ1) is 18.1. The van der Waals surface area contributed by atoms with Gasteiger partial charge in [-0.2, -0.15) is 0 Å². The molecule has 2 aromatic heterocycles. The van der Waals surface area contributed by atoms with E-state index in [2.05, 4.69) is 4.98 Å². The Bertz CT molecular complexity index is 989. The average Bonchev–Trinajstić information content (AvgIpc) is 3.04. The highest BCUT2D eigenvalue weighted by Crippen LogP contribution is 2.22. The van der Waals surface area contributed by atoms with E-state index >= 15 is 0 Å². The van der Waals surface area contributed by atoms with Gasteiger partial charge < -0.3 is 9.84 Å². The van der Waals surface area contributed by atoms with Gasteiger partial charge in [-0.05, 0) is 25.5 Å². The number of rotatable bonds is 7. The van der Waals surface area contributed by atoms with E-state index in [1.54, 1.807) is 4.57 Å². The molecule has 2 heterocycles. The van der Waals surface area contributed by atoms with Gasteiger partial charge in [0.2, 0.25) is 0 Å². The number of carboxylic acid groups (broad SMARTS) is 1. The maximum atomic E-state index is 12.9. The number of benzene rings is 1. The molecule has 0 unspecified atom stereocenters. The van der Waals surface area contributed by atoms with Crippen LogP contribution in [0.5, 0.6) is 5.75 Å². The molecule has 0 radical (unpaired) electrons. The van der Waals surface area contributed by atoms with E-state index in [0.29, 0.717) is 30.2 Å². The SMILES string of the molecule is CCCc1nc2scc(C(=O)O)c2c(=O)n1CCOc1ccc(C)cc1. The highest BCUT2D eigenvalue weighted by molar-refractivity contribution is 7.17. The molecule has 0 atom stereocenters. The molecule has 1 N–H and O–H groups in total. The van der Waals surface area contributed by atoms with E-state index in [-0.39, 0.29) is 16.5 Å². The van der Waals surface area contributed by atoms with Gasteiger partial charge in [0.15, 0.2) is 0 Å². The molecule has 0 aliphatic heterocycles. The molecule has 0 spiro atoms. The van der Waals surface area contributed by atoms with Crippen molar-refractivity contribution < 1.29 is 14.6 Å². The molecule has 6 nitrogen and oxygen atoms in total. The van der Waals surface area contributed by atoms with Crippen molar-refractivity contribution in [2.75, 3.05) is 6.61 Å². The minimum Gasteiger partial charge on any atom is -0.492 e. The van der Waals surface area contributed by atoms with Crippen LogP contribution < -0.4 is 10.3 Å². The predicted molar refractivity (Wildman–Crippen MR) is 102 cm³/mol. The Kier molecular flexibility index (Phi) is 5.37. The number of hydrogen-bond acceptors (Lipinski definition) is 5. The number of fused-ring (bicyclic) bond motifs is 1. The van der Waals surface area contributed by atoms with Gasteiger partial charge in [0.05, 0.1) is 17.5 Å². The van der Waals surface area contributed by atoms with E-state index in [0.717, 1.165) is 17.7 Å². The van der Waals surface area contributed by atoms with E-state index < -0.39 is 5.97 Å². The van der Waals surface area contributed by atoms with Gasteiger partial charge in [0, 0.05) is 11.8 Å². The van der Waals surface area contributed by atoms with Crippen LogP contribution in [-0.2, 0) is 13.0 Å². The van der Waals surface area contributed by atoms with Crippen molar-refractivity contribution in [3.8, 4) is 5.75 Å². The molecule has 136 valence electrons. The minimum atomic E-state index is -1.11. The van der Waals surface area contributed by atoms with Gasteiger partial charge in [0.1, 0.15) is 23.0 Å². The summed E-state index contributed by atoms with van der Waals surface area (Å²) in [6.45, 7) is 4.64. The molecular formula is C19H20N2O4S. The normalized spacial score (nSPS) is 11.0. The van der Waals surface area contributed by atoms with Gasteiger partial charge in [-0.25, -0.2) is 9.78 Å². The zero-order valence-corrected chi connectivity index (χ0v) is 15.5. The molecule has 3 aromatic rings. The lowest BCUT2D eigenvalue weighted by Crippen LogP contribution is -2.28. The molecule has 0 saturated heterocycles. The van der Waals surface area contributed by atoms with Crippen LogP contribution in [0.3, 0.4) is 0 Å². The third-order valence-corrected chi connectivity index (χ3v) is 4.95. The first-order chi connectivity index (χ1) is 12.5. The molecule has 0 saturated carbocycles. The Morgan fingerprint density at radius 2 is 2.04 bits per heavy atom. The summed E-state index contributed by atoms with van der Waals surface area (Å²) >= 11 is 1.19. The number of aromatic nitrogens is 2. The highest BCUT2D eigenvalue weighted by atomic mass is 32.1. The lowest BCUT2D eigenvalue weighted by atomic mass is 10.2. The van der Waals surface area contributed by atoms with E-state index in [1.165, 1.54) is 16.7 Å². The van der Waals surface area contributed by atoms with Crippen molar-refractivity contribution in [2.24, 2.45) is 0 Å². The van der Waals surface area contributed by atoms with Crippen LogP contribution >= 0.6 is 11.3 Å². The van der Waals surface area contributed by atoms with Crippen molar-refractivity contribution in [1.29, 1.82) is 0 Å². The van der Waals surface area contributed by atoms with Crippen LogP contribution in [0, 0.1) is 6.92 Å². The standard InChI is InChI=1S/C19H20N2O4S/c1-3-4-15-20-17-16(14(11-26-17)19(23)24)18(22)21(15)9-10-25-13-7-5-12(2)6-8-13/h5-8,11H,3-4,9-10H2,1-2H3,(H,23,24). The number of hydrogen-bond donors (Lipinski definition) is 1. The first-order valence-corrected chi connectivity index (χ1v) is 9.33. The van der Waals surface area contributed by atoms with Crippen LogP contribution in [-0.4, -0.2) is 27.2 Å².